The number of aliphatic hydroxyl groups excluding tert-OH is 6. The van der Waals surface area contributed by atoms with Gasteiger partial charge >= 0.3 is 35.8 Å². The lowest BCUT2D eigenvalue weighted by Gasteiger charge is -2.36. The number of aliphatic hydroxyl groups is 6. The molecular weight excluding hydrogens is 1600 g/mol. The third kappa shape index (κ3) is 78.6. The molecule has 0 bridgehead atoms. The molecule has 0 aliphatic carbocycles. The van der Waals surface area contributed by atoms with Crippen LogP contribution in [0, 0.1) is 0 Å². The fourth-order valence-electron chi connectivity index (χ4n) is 14.9. The van der Waals surface area contributed by atoms with Crippen LogP contribution in [-0.4, -0.2) is 290 Å². The Labute approximate surface area is 765 Å². The van der Waals surface area contributed by atoms with Gasteiger partial charge in [0, 0.05) is 156 Å². The number of esters is 6. The molecule has 1 fully saturated rings. The summed E-state index contributed by atoms with van der Waals surface area (Å²) in [5, 5.41) is 71.6. The second kappa shape index (κ2) is 87.7. The summed E-state index contributed by atoms with van der Waals surface area (Å²) in [6.07, 6.45) is 61.7. The standard InChI is InChI=1S/C102H186N6O18/c1-7-13-19-25-31-37-43-49-55-61-97(115)121-85-91(109)79-103-67-69-104(80-92(110)86-122-98(116)62-56-50-44-38-32-26-20-14-8-2)71-73-106(82-94(112)88-124-100(118)64-58-52-46-40-34-28-22-16-10-4)75-77-108(84-96(114)90-126-102(120)66-60-54-48-42-36-30-24-18-12-6)78-76-107(83-95(113)89-125-101(119)65-59-53-47-41-35-29-23-17-11-5)74-72-105(70-68-103)81-93(111)87-123-99(117)63-57-51-45-39-33-27-21-15-9-3/h19-30,91-96,109-114H,7-18,31-90H2,1-6H3/b25-19-,26-20-,27-21-,28-22-,29-23-,30-24-. The van der Waals surface area contributed by atoms with Crippen LogP contribution in [-0.2, 0) is 57.2 Å². The largest absolute Gasteiger partial charge is 0.463 e. The molecule has 732 valence electrons. The molecule has 0 amide bonds. The number of carbonyl (C=O) groups excluding carboxylic acids is 6. The van der Waals surface area contributed by atoms with Crippen molar-refractivity contribution in [3.05, 3.63) is 72.9 Å². The van der Waals surface area contributed by atoms with Gasteiger partial charge < -0.3 is 59.1 Å². The van der Waals surface area contributed by atoms with Gasteiger partial charge in [0.25, 0.3) is 0 Å². The Morgan fingerprint density at radius 3 is 0.444 bits per heavy atom. The van der Waals surface area contributed by atoms with Crippen LogP contribution < -0.4 is 0 Å². The maximum absolute atomic E-state index is 13.3. The Balaban J connectivity index is 4.08. The van der Waals surface area contributed by atoms with Gasteiger partial charge in [0.15, 0.2) is 0 Å². The molecule has 6 N–H and O–H groups in total. The molecule has 0 aromatic carbocycles. The molecule has 6 atom stereocenters. The zero-order chi connectivity index (χ0) is 92.0. The SMILES string of the molecule is CCC/C=C\CCCCCCC(=O)OCC(O)CN1CCN(CC(O)COC(=O)CCCCCC/C=C\CCC)CCN(CC(O)COC(=O)CCCCCC/C=C\CCC)CCN(CC(O)COC(=O)CCCCCC/C=C\CCC)CCN(CC(O)COC(=O)CCCCCC/C=C\CCC)CCN(CC(O)COC(=O)CCCCCC/C=C\CCC)CC1. The van der Waals surface area contributed by atoms with E-state index in [2.05, 4.69) is 144 Å². The van der Waals surface area contributed by atoms with Crippen LogP contribution in [0.5, 0.6) is 0 Å². The van der Waals surface area contributed by atoms with Gasteiger partial charge in [-0.25, -0.2) is 0 Å². The Kier molecular flexibility index (Phi) is 82.7. The summed E-state index contributed by atoms with van der Waals surface area (Å²) in [7, 11) is 0. The zero-order valence-electron chi connectivity index (χ0n) is 80.6. The minimum Gasteiger partial charge on any atom is -0.463 e. The number of hydrogen-bond donors (Lipinski definition) is 6. The number of carbonyl (C=O) groups is 6. The molecular formula is C102H186N6O18. The maximum atomic E-state index is 13.3. The van der Waals surface area contributed by atoms with Gasteiger partial charge in [0.05, 0.1) is 0 Å². The number of β-amino-alcohol motifs (C(OH)–C–C–N with tert-alkyl or cyclic N) is 6. The number of rotatable bonds is 78. The van der Waals surface area contributed by atoms with Crippen LogP contribution >= 0.6 is 0 Å². The molecule has 1 saturated heterocycles. The van der Waals surface area contributed by atoms with Crippen molar-refractivity contribution in [1.29, 1.82) is 0 Å². The first-order chi connectivity index (χ1) is 61.3. The second-order valence-corrected chi connectivity index (χ2v) is 35.1. The number of hydrogen-bond acceptors (Lipinski definition) is 24. The van der Waals surface area contributed by atoms with Crippen LogP contribution in [0.3, 0.4) is 0 Å². The van der Waals surface area contributed by atoms with Gasteiger partial charge in [0.1, 0.15) is 76.3 Å². The number of allylic oxidation sites excluding steroid dienone is 12. The molecule has 1 rings (SSSR count). The first-order valence-electron chi connectivity index (χ1n) is 50.6. The fourth-order valence-corrected chi connectivity index (χ4v) is 14.9. The Bertz CT molecular complexity index is 2270. The highest BCUT2D eigenvalue weighted by Crippen LogP contribution is 2.17. The molecule has 126 heavy (non-hydrogen) atoms. The summed E-state index contributed by atoms with van der Waals surface area (Å²) in [6, 6.07) is 0. The van der Waals surface area contributed by atoms with Gasteiger partial charge in [-0.15, -0.1) is 0 Å². The fraction of sp³-hybridized carbons (Fsp3) is 0.824. The quantitative estimate of drug-likeness (QED) is 0.0143. The van der Waals surface area contributed by atoms with Crippen LogP contribution in [0.2, 0.25) is 0 Å². The maximum Gasteiger partial charge on any atom is 0.305 e. The van der Waals surface area contributed by atoms with Crippen LogP contribution in [0.4, 0.5) is 0 Å². The molecule has 1 aliphatic rings. The van der Waals surface area contributed by atoms with Gasteiger partial charge in [-0.05, 0) is 154 Å². The lowest BCUT2D eigenvalue weighted by atomic mass is 10.1. The topological polar surface area (TPSA) is 299 Å². The first-order valence-corrected chi connectivity index (χ1v) is 50.6. The van der Waals surface area contributed by atoms with Crippen molar-refractivity contribution in [3.63, 3.8) is 0 Å². The molecule has 0 radical (unpaired) electrons. The predicted octanol–water partition coefficient (Wildman–Crippen LogP) is 17.4. The minimum absolute atomic E-state index is 0.0614. The molecule has 1 heterocycles. The van der Waals surface area contributed by atoms with E-state index in [9.17, 15) is 59.4 Å². The minimum atomic E-state index is -1.12. The third-order valence-corrected chi connectivity index (χ3v) is 22.6. The highest BCUT2D eigenvalue weighted by molar-refractivity contribution is 5.71. The summed E-state index contributed by atoms with van der Waals surface area (Å²) in [5.41, 5.74) is 0. The lowest BCUT2D eigenvalue weighted by molar-refractivity contribution is -0.148. The second-order valence-electron chi connectivity index (χ2n) is 35.1. The molecule has 1 aliphatic heterocycles. The highest BCUT2D eigenvalue weighted by atomic mass is 16.6. The van der Waals surface area contributed by atoms with Gasteiger partial charge in [-0.1, -0.05) is 230 Å². The van der Waals surface area contributed by atoms with Crippen molar-refractivity contribution in [1.82, 2.24) is 29.4 Å². The van der Waals surface area contributed by atoms with Gasteiger partial charge in [-0.2, -0.15) is 0 Å². The van der Waals surface area contributed by atoms with E-state index < -0.39 is 72.4 Å². The monoisotopic (exact) mass is 1780 g/mol. The average molecular weight is 1780 g/mol. The average Bonchev–Trinajstić information content (AvgIpc) is 0.880. The molecule has 0 aromatic heterocycles. The van der Waals surface area contributed by atoms with Crippen LogP contribution in [0.1, 0.15) is 350 Å². The number of nitrogens with zero attached hydrogens (tertiary/aromatic N) is 6. The van der Waals surface area contributed by atoms with Gasteiger partial charge in [0.2, 0.25) is 0 Å². The van der Waals surface area contributed by atoms with E-state index in [-0.39, 0.29) is 117 Å². The smallest absolute Gasteiger partial charge is 0.305 e. The Morgan fingerprint density at radius 1 is 0.198 bits per heavy atom. The Hall–Kier alpha value is -5.22. The lowest BCUT2D eigenvalue weighted by Crippen LogP contribution is -2.51. The summed E-state index contributed by atoms with van der Waals surface area (Å²) < 4.78 is 34.5. The summed E-state index contributed by atoms with van der Waals surface area (Å²) in [4.78, 5) is 92.1. The zero-order valence-corrected chi connectivity index (χ0v) is 80.6. The number of unbranched alkanes of at least 4 members (excludes halogenated alkanes) is 30. The van der Waals surface area contributed by atoms with Crippen molar-refractivity contribution >= 4 is 35.8 Å². The van der Waals surface area contributed by atoms with Crippen molar-refractivity contribution in [2.45, 2.75) is 386 Å². The van der Waals surface area contributed by atoms with Crippen molar-refractivity contribution in [3.8, 4) is 0 Å². The van der Waals surface area contributed by atoms with E-state index >= 15 is 0 Å². The van der Waals surface area contributed by atoms with Crippen molar-refractivity contribution in [2.24, 2.45) is 0 Å². The van der Waals surface area contributed by atoms with Crippen molar-refractivity contribution in [2.75, 3.05) is 157 Å². The van der Waals surface area contributed by atoms with Crippen LogP contribution in [0.25, 0.3) is 0 Å². The highest BCUT2D eigenvalue weighted by Gasteiger charge is 2.27. The first kappa shape index (κ1) is 119. The number of ether oxygens (including phenoxy) is 6. The summed E-state index contributed by atoms with van der Waals surface area (Å²) in [6.45, 7) is 15.5. The van der Waals surface area contributed by atoms with E-state index in [0.29, 0.717) is 117 Å². The third-order valence-electron chi connectivity index (χ3n) is 22.6. The van der Waals surface area contributed by atoms with Crippen LogP contribution in [0.15, 0.2) is 72.9 Å². The predicted molar refractivity (Wildman–Crippen MR) is 511 cm³/mol. The molecule has 0 saturated carbocycles. The summed E-state index contributed by atoms with van der Waals surface area (Å²) in [5.74, 6) is -2.37. The van der Waals surface area contributed by atoms with E-state index in [0.717, 1.165) is 231 Å². The Morgan fingerprint density at radius 2 is 0.317 bits per heavy atom. The van der Waals surface area contributed by atoms with E-state index in [1.54, 1.807) is 0 Å². The van der Waals surface area contributed by atoms with E-state index in [4.69, 9.17) is 28.4 Å². The molecule has 0 aromatic rings. The molecule has 24 heteroatoms. The van der Waals surface area contributed by atoms with Gasteiger partial charge in [-0.3, -0.25) is 58.2 Å². The molecule has 6 unspecified atom stereocenters. The van der Waals surface area contributed by atoms with Crippen molar-refractivity contribution < 1.29 is 87.8 Å². The summed E-state index contributed by atoms with van der Waals surface area (Å²) >= 11 is 0. The molecule has 24 nitrogen and oxygen atoms in total. The molecule has 0 spiro atoms. The van der Waals surface area contributed by atoms with E-state index in [1.165, 1.54) is 0 Å². The van der Waals surface area contributed by atoms with E-state index in [1.807, 2.05) is 0 Å². The normalized spacial score (nSPS) is 16.3.